The SMILES string of the molecule is Cc1cc(Cl)ccc1C(CN)NC(C)CCO. The Hall–Kier alpha value is -0.610. The topological polar surface area (TPSA) is 58.3 Å². The van der Waals surface area contributed by atoms with Crippen LogP contribution in [0.5, 0.6) is 0 Å². The van der Waals surface area contributed by atoms with E-state index in [9.17, 15) is 0 Å². The third kappa shape index (κ3) is 4.28. The maximum Gasteiger partial charge on any atom is 0.0449 e. The van der Waals surface area contributed by atoms with Crippen LogP contribution in [0, 0.1) is 6.92 Å². The third-order valence-corrected chi connectivity index (χ3v) is 3.13. The molecule has 1 aromatic carbocycles. The molecule has 1 aromatic rings. The standard InChI is InChI=1S/C13H21ClN2O/c1-9-7-11(14)3-4-12(9)13(8-15)16-10(2)5-6-17/h3-4,7,10,13,16-17H,5-6,8,15H2,1-2H3. The van der Waals surface area contributed by atoms with E-state index in [1.54, 1.807) is 0 Å². The highest BCUT2D eigenvalue weighted by atomic mass is 35.5. The van der Waals surface area contributed by atoms with Gasteiger partial charge in [0.15, 0.2) is 0 Å². The predicted molar refractivity (Wildman–Crippen MR) is 72.3 cm³/mol. The van der Waals surface area contributed by atoms with E-state index in [1.807, 2.05) is 32.0 Å². The molecule has 4 N–H and O–H groups in total. The highest BCUT2D eigenvalue weighted by molar-refractivity contribution is 6.30. The van der Waals surface area contributed by atoms with Crippen LogP contribution in [0.1, 0.15) is 30.5 Å². The fraction of sp³-hybridized carbons (Fsp3) is 0.538. The van der Waals surface area contributed by atoms with Gasteiger partial charge in [0, 0.05) is 30.3 Å². The molecule has 0 radical (unpaired) electrons. The van der Waals surface area contributed by atoms with Crippen LogP contribution in [0.3, 0.4) is 0 Å². The molecule has 0 saturated heterocycles. The number of benzene rings is 1. The molecular formula is C13H21ClN2O. The van der Waals surface area contributed by atoms with E-state index in [2.05, 4.69) is 5.32 Å². The van der Waals surface area contributed by atoms with E-state index in [-0.39, 0.29) is 18.7 Å². The summed E-state index contributed by atoms with van der Waals surface area (Å²) >= 11 is 5.94. The van der Waals surface area contributed by atoms with Gasteiger partial charge in [0.2, 0.25) is 0 Å². The summed E-state index contributed by atoms with van der Waals surface area (Å²) in [6.07, 6.45) is 0.725. The molecule has 2 unspecified atom stereocenters. The summed E-state index contributed by atoms with van der Waals surface area (Å²) < 4.78 is 0. The zero-order valence-corrected chi connectivity index (χ0v) is 11.2. The number of rotatable bonds is 6. The van der Waals surface area contributed by atoms with Crippen LogP contribution in [-0.2, 0) is 0 Å². The predicted octanol–water partition coefficient (Wildman–Crippen LogP) is 2.01. The molecule has 0 spiro atoms. The van der Waals surface area contributed by atoms with Gasteiger partial charge in [0.1, 0.15) is 0 Å². The molecule has 1 rings (SSSR count). The summed E-state index contributed by atoms with van der Waals surface area (Å²) in [7, 11) is 0. The first-order valence-corrected chi connectivity index (χ1v) is 6.29. The van der Waals surface area contributed by atoms with Crippen molar-refractivity contribution in [3.63, 3.8) is 0 Å². The quantitative estimate of drug-likeness (QED) is 0.730. The zero-order chi connectivity index (χ0) is 12.8. The maximum absolute atomic E-state index is 8.90. The number of nitrogens with one attached hydrogen (secondary N) is 1. The van der Waals surface area contributed by atoms with Crippen molar-refractivity contribution in [2.24, 2.45) is 5.73 Å². The van der Waals surface area contributed by atoms with Crippen molar-refractivity contribution in [2.75, 3.05) is 13.2 Å². The van der Waals surface area contributed by atoms with E-state index in [0.717, 1.165) is 17.0 Å². The highest BCUT2D eigenvalue weighted by Gasteiger charge is 2.14. The van der Waals surface area contributed by atoms with Crippen molar-refractivity contribution >= 4 is 11.6 Å². The molecule has 96 valence electrons. The first-order chi connectivity index (χ1) is 8.08. The van der Waals surface area contributed by atoms with Gasteiger partial charge in [-0.15, -0.1) is 0 Å². The lowest BCUT2D eigenvalue weighted by atomic mass is 10.0. The number of halogens is 1. The van der Waals surface area contributed by atoms with E-state index in [4.69, 9.17) is 22.4 Å². The molecule has 0 aromatic heterocycles. The molecule has 0 saturated carbocycles. The summed E-state index contributed by atoms with van der Waals surface area (Å²) in [4.78, 5) is 0. The van der Waals surface area contributed by atoms with Crippen LogP contribution in [0.25, 0.3) is 0 Å². The van der Waals surface area contributed by atoms with Crippen molar-refractivity contribution < 1.29 is 5.11 Å². The third-order valence-electron chi connectivity index (χ3n) is 2.89. The van der Waals surface area contributed by atoms with Crippen molar-refractivity contribution in [3.8, 4) is 0 Å². The van der Waals surface area contributed by atoms with E-state index in [1.165, 1.54) is 5.56 Å². The molecule has 0 heterocycles. The highest BCUT2D eigenvalue weighted by Crippen LogP contribution is 2.21. The minimum absolute atomic E-state index is 0.105. The molecule has 4 heteroatoms. The molecule has 0 aliphatic carbocycles. The van der Waals surface area contributed by atoms with Gasteiger partial charge in [0.25, 0.3) is 0 Å². The summed E-state index contributed by atoms with van der Waals surface area (Å²) in [5.74, 6) is 0. The van der Waals surface area contributed by atoms with E-state index in [0.29, 0.717) is 6.54 Å². The van der Waals surface area contributed by atoms with Crippen LogP contribution in [-0.4, -0.2) is 24.3 Å². The summed E-state index contributed by atoms with van der Waals surface area (Å²) in [6, 6.07) is 6.17. The second-order valence-corrected chi connectivity index (χ2v) is 4.81. The Morgan fingerprint density at radius 1 is 1.47 bits per heavy atom. The molecule has 0 bridgehead atoms. The van der Waals surface area contributed by atoms with Gasteiger partial charge >= 0.3 is 0 Å². The Bertz CT molecular complexity index is 357. The Morgan fingerprint density at radius 3 is 2.71 bits per heavy atom. The van der Waals surface area contributed by atoms with Crippen LogP contribution < -0.4 is 11.1 Å². The lowest BCUT2D eigenvalue weighted by molar-refractivity contribution is 0.263. The number of hydrogen-bond acceptors (Lipinski definition) is 3. The Kier molecular flexibility index (Phi) is 5.92. The normalized spacial score (nSPS) is 14.6. The van der Waals surface area contributed by atoms with Gasteiger partial charge in [-0.25, -0.2) is 0 Å². The number of aliphatic hydroxyl groups excluding tert-OH is 1. The van der Waals surface area contributed by atoms with Gasteiger partial charge in [0.05, 0.1) is 0 Å². The van der Waals surface area contributed by atoms with Crippen LogP contribution in [0.4, 0.5) is 0 Å². The van der Waals surface area contributed by atoms with Crippen molar-refractivity contribution in [2.45, 2.75) is 32.4 Å². The smallest absolute Gasteiger partial charge is 0.0449 e. The summed E-state index contributed by atoms with van der Waals surface area (Å²) in [6.45, 7) is 4.79. The van der Waals surface area contributed by atoms with Crippen molar-refractivity contribution in [1.82, 2.24) is 5.32 Å². The molecule has 0 fully saturated rings. The van der Waals surface area contributed by atoms with E-state index < -0.39 is 0 Å². The Labute approximate surface area is 108 Å². The zero-order valence-electron chi connectivity index (χ0n) is 10.4. The lowest BCUT2D eigenvalue weighted by Crippen LogP contribution is -2.35. The van der Waals surface area contributed by atoms with E-state index >= 15 is 0 Å². The first-order valence-electron chi connectivity index (χ1n) is 5.91. The summed E-state index contributed by atoms with van der Waals surface area (Å²) in [5, 5.41) is 13.1. The van der Waals surface area contributed by atoms with Crippen LogP contribution in [0.2, 0.25) is 5.02 Å². The number of nitrogens with two attached hydrogens (primary N) is 1. The van der Waals surface area contributed by atoms with Crippen LogP contribution in [0.15, 0.2) is 18.2 Å². The van der Waals surface area contributed by atoms with Gasteiger partial charge in [-0.2, -0.15) is 0 Å². The lowest BCUT2D eigenvalue weighted by Gasteiger charge is -2.23. The molecule has 0 aliphatic heterocycles. The first kappa shape index (κ1) is 14.5. The van der Waals surface area contributed by atoms with Gasteiger partial charge in [-0.3, -0.25) is 0 Å². The van der Waals surface area contributed by atoms with Crippen molar-refractivity contribution in [3.05, 3.63) is 34.3 Å². The molecule has 3 nitrogen and oxygen atoms in total. The minimum atomic E-state index is 0.105. The average Bonchev–Trinajstić information content (AvgIpc) is 2.27. The van der Waals surface area contributed by atoms with Gasteiger partial charge in [-0.1, -0.05) is 17.7 Å². The second-order valence-electron chi connectivity index (χ2n) is 4.37. The summed E-state index contributed by atoms with van der Waals surface area (Å²) in [5.41, 5.74) is 8.10. The van der Waals surface area contributed by atoms with Gasteiger partial charge < -0.3 is 16.2 Å². The molecule has 2 atom stereocenters. The number of aliphatic hydroxyl groups is 1. The van der Waals surface area contributed by atoms with Gasteiger partial charge in [-0.05, 0) is 43.5 Å². The Balaban J connectivity index is 2.79. The molecule has 17 heavy (non-hydrogen) atoms. The molecular weight excluding hydrogens is 236 g/mol. The minimum Gasteiger partial charge on any atom is -0.396 e. The number of hydrogen-bond donors (Lipinski definition) is 3. The fourth-order valence-corrected chi connectivity index (χ4v) is 2.16. The Morgan fingerprint density at radius 2 is 2.18 bits per heavy atom. The van der Waals surface area contributed by atoms with Crippen molar-refractivity contribution in [1.29, 1.82) is 0 Å². The largest absolute Gasteiger partial charge is 0.396 e. The number of aryl methyl sites for hydroxylation is 1. The monoisotopic (exact) mass is 256 g/mol. The van der Waals surface area contributed by atoms with Crippen LogP contribution >= 0.6 is 11.6 Å². The molecule has 0 amide bonds. The maximum atomic E-state index is 8.90. The second kappa shape index (κ2) is 6.97. The molecule has 0 aliphatic rings. The fourth-order valence-electron chi connectivity index (χ4n) is 1.94. The average molecular weight is 257 g/mol.